The van der Waals surface area contributed by atoms with Crippen LogP contribution in [0.5, 0.6) is 0 Å². The largest absolute Gasteiger partial charge is 0.317 e. The fraction of sp³-hybridized carbons (Fsp3) is 0.786. The quantitative estimate of drug-likeness (QED) is 0.805. The maximum atomic E-state index is 3.74. The third-order valence-electron chi connectivity index (χ3n) is 3.67. The minimum absolute atomic E-state index is 0.993. The van der Waals surface area contributed by atoms with E-state index in [1.807, 2.05) is 5.38 Å². The molecule has 3 nitrogen and oxygen atoms in total. The van der Waals surface area contributed by atoms with Gasteiger partial charge in [0.25, 0.3) is 0 Å². The highest BCUT2D eigenvalue weighted by Crippen LogP contribution is 2.27. The van der Waals surface area contributed by atoms with Crippen molar-refractivity contribution in [1.82, 2.24) is 15.6 Å². The van der Waals surface area contributed by atoms with Crippen LogP contribution in [-0.4, -0.2) is 31.2 Å². The molecule has 0 unspecified atom stereocenters. The minimum atomic E-state index is 0.993. The maximum Gasteiger partial charge on any atom is 0.0791 e. The summed E-state index contributed by atoms with van der Waals surface area (Å²) in [4.78, 5) is 3.74. The summed E-state index contributed by atoms with van der Waals surface area (Å²) in [7, 11) is 0. The Bertz CT molecular complexity index is 262. The van der Waals surface area contributed by atoms with E-state index < -0.39 is 0 Å². The molecule has 0 spiro atoms. The first-order valence-corrected chi connectivity index (χ1v) is 8.13. The van der Waals surface area contributed by atoms with Crippen molar-refractivity contribution in [3.05, 3.63) is 17.1 Å². The summed E-state index contributed by atoms with van der Waals surface area (Å²) in [6, 6.07) is 0. The number of thiazole rings is 1. The number of hydrogen-bond donors (Lipinski definition) is 2. The van der Waals surface area contributed by atoms with E-state index in [0.29, 0.717) is 0 Å². The SMILES string of the molecule is C1CC(CCNCC2CC2)CCN1.c1cscn1. The molecule has 1 aromatic rings. The van der Waals surface area contributed by atoms with Gasteiger partial charge in [-0.2, -0.15) is 0 Å². The maximum absolute atomic E-state index is 3.74. The zero-order chi connectivity index (χ0) is 12.5. The van der Waals surface area contributed by atoms with Crippen molar-refractivity contribution in [1.29, 1.82) is 0 Å². The van der Waals surface area contributed by atoms with Crippen molar-refractivity contribution in [2.24, 2.45) is 11.8 Å². The highest BCUT2D eigenvalue weighted by Gasteiger charge is 2.20. The van der Waals surface area contributed by atoms with Gasteiger partial charge in [0.1, 0.15) is 0 Å². The number of hydrogen-bond acceptors (Lipinski definition) is 4. The normalized spacial score (nSPS) is 20.2. The third-order valence-corrected chi connectivity index (χ3v) is 4.19. The lowest BCUT2D eigenvalue weighted by Crippen LogP contribution is -2.30. The van der Waals surface area contributed by atoms with Crippen molar-refractivity contribution in [3.8, 4) is 0 Å². The van der Waals surface area contributed by atoms with Crippen LogP contribution in [0.1, 0.15) is 32.1 Å². The molecule has 0 bridgehead atoms. The summed E-state index contributed by atoms with van der Waals surface area (Å²) in [5, 5.41) is 8.92. The lowest BCUT2D eigenvalue weighted by molar-refractivity contribution is 0.348. The molecular weight excluding hydrogens is 242 g/mol. The number of piperidine rings is 1. The molecule has 0 radical (unpaired) electrons. The summed E-state index contributed by atoms with van der Waals surface area (Å²) in [5.41, 5.74) is 1.79. The zero-order valence-corrected chi connectivity index (χ0v) is 11.9. The van der Waals surface area contributed by atoms with E-state index in [1.54, 1.807) is 23.0 Å². The molecule has 4 heteroatoms. The number of nitrogens with zero attached hydrogens (tertiary/aromatic N) is 1. The van der Waals surface area contributed by atoms with Gasteiger partial charge >= 0.3 is 0 Å². The first kappa shape index (κ1) is 14.0. The monoisotopic (exact) mass is 267 g/mol. The molecule has 0 amide bonds. The van der Waals surface area contributed by atoms with Gasteiger partial charge in [-0.3, -0.25) is 4.98 Å². The second kappa shape index (κ2) is 8.62. The van der Waals surface area contributed by atoms with Crippen LogP contribution in [0.2, 0.25) is 0 Å². The van der Waals surface area contributed by atoms with E-state index in [4.69, 9.17) is 0 Å². The Morgan fingerprint density at radius 3 is 2.56 bits per heavy atom. The summed E-state index contributed by atoms with van der Waals surface area (Å²) in [5.74, 6) is 2.03. The van der Waals surface area contributed by atoms with Gasteiger partial charge in [0.2, 0.25) is 0 Å². The zero-order valence-electron chi connectivity index (χ0n) is 11.1. The molecule has 0 atom stereocenters. The highest BCUT2D eigenvalue weighted by atomic mass is 32.1. The number of rotatable bonds is 5. The van der Waals surface area contributed by atoms with Gasteiger partial charge in [0.05, 0.1) is 5.51 Å². The Morgan fingerprint density at radius 2 is 2.00 bits per heavy atom. The van der Waals surface area contributed by atoms with Crippen molar-refractivity contribution < 1.29 is 0 Å². The predicted molar refractivity (Wildman–Crippen MR) is 77.9 cm³/mol. The van der Waals surface area contributed by atoms with E-state index in [-0.39, 0.29) is 0 Å². The van der Waals surface area contributed by atoms with E-state index in [0.717, 1.165) is 11.8 Å². The van der Waals surface area contributed by atoms with Gasteiger partial charge in [-0.15, -0.1) is 11.3 Å². The Kier molecular flexibility index (Phi) is 6.69. The minimum Gasteiger partial charge on any atom is -0.317 e. The Morgan fingerprint density at radius 1 is 1.17 bits per heavy atom. The third kappa shape index (κ3) is 6.47. The van der Waals surface area contributed by atoms with Gasteiger partial charge < -0.3 is 10.6 Å². The van der Waals surface area contributed by atoms with Gasteiger partial charge in [-0.1, -0.05) is 0 Å². The fourth-order valence-electron chi connectivity index (χ4n) is 2.28. The first-order valence-electron chi connectivity index (χ1n) is 7.18. The number of aromatic nitrogens is 1. The van der Waals surface area contributed by atoms with Crippen LogP contribution in [0.4, 0.5) is 0 Å². The molecule has 2 heterocycles. The summed E-state index contributed by atoms with van der Waals surface area (Å²) >= 11 is 1.60. The van der Waals surface area contributed by atoms with Gasteiger partial charge in [0.15, 0.2) is 0 Å². The standard InChI is InChI=1S/C11H22N2.C3H3NS/c1-2-11(1)9-13-8-5-10-3-6-12-7-4-10;1-2-5-3-4-1/h10-13H,1-9H2;1-3H. The molecule has 1 aliphatic heterocycles. The van der Waals surface area contributed by atoms with Crippen molar-refractivity contribution >= 4 is 11.3 Å². The summed E-state index contributed by atoms with van der Waals surface area (Å²) < 4.78 is 0. The highest BCUT2D eigenvalue weighted by molar-refractivity contribution is 7.07. The molecule has 3 rings (SSSR count). The molecule has 2 aliphatic rings. The summed E-state index contributed by atoms with van der Waals surface area (Å²) in [6.45, 7) is 5.02. The Balaban J connectivity index is 0.000000202. The average molecular weight is 267 g/mol. The lowest BCUT2D eigenvalue weighted by Gasteiger charge is -2.22. The van der Waals surface area contributed by atoms with E-state index >= 15 is 0 Å². The average Bonchev–Trinajstić information content (AvgIpc) is 3.04. The first-order chi connectivity index (χ1) is 8.95. The molecule has 2 fully saturated rings. The molecule has 1 aliphatic carbocycles. The topological polar surface area (TPSA) is 37.0 Å². The smallest absolute Gasteiger partial charge is 0.0791 e. The van der Waals surface area contributed by atoms with Crippen molar-refractivity contribution in [3.63, 3.8) is 0 Å². The lowest BCUT2D eigenvalue weighted by atomic mass is 9.95. The molecule has 102 valence electrons. The van der Waals surface area contributed by atoms with Crippen LogP contribution in [0.3, 0.4) is 0 Å². The molecule has 18 heavy (non-hydrogen) atoms. The van der Waals surface area contributed by atoms with Gasteiger partial charge in [0, 0.05) is 11.6 Å². The van der Waals surface area contributed by atoms with Crippen LogP contribution in [0.15, 0.2) is 17.1 Å². The molecule has 1 saturated heterocycles. The predicted octanol–water partition coefficient (Wildman–Crippen LogP) is 2.52. The molecule has 0 aromatic carbocycles. The second-order valence-electron chi connectivity index (χ2n) is 5.31. The molecule has 1 saturated carbocycles. The molecule has 2 N–H and O–H groups in total. The van der Waals surface area contributed by atoms with Crippen molar-refractivity contribution in [2.75, 3.05) is 26.2 Å². The van der Waals surface area contributed by atoms with Crippen molar-refractivity contribution in [2.45, 2.75) is 32.1 Å². The Hall–Kier alpha value is -0.450. The van der Waals surface area contributed by atoms with Gasteiger partial charge in [-0.25, -0.2) is 0 Å². The van der Waals surface area contributed by atoms with Crippen LogP contribution in [0, 0.1) is 11.8 Å². The molecular formula is C14H25N3S. The van der Waals surface area contributed by atoms with E-state index in [9.17, 15) is 0 Å². The second-order valence-corrected chi connectivity index (χ2v) is 6.06. The van der Waals surface area contributed by atoms with Crippen LogP contribution in [0.25, 0.3) is 0 Å². The van der Waals surface area contributed by atoms with E-state index in [1.165, 1.54) is 58.3 Å². The van der Waals surface area contributed by atoms with Crippen LogP contribution < -0.4 is 10.6 Å². The van der Waals surface area contributed by atoms with Crippen LogP contribution in [-0.2, 0) is 0 Å². The fourth-order valence-corrected chi connectivity index (χ4v) is 2.63. The number of nitrogens with one attached hydrogen (secondary N) is 2. The van der Waals surface area contributed by atoms with E-state index in [2.05, 4.69) is 15.6 Å². The van der Waals surface area contributed by atoms with Crippen LogP contribution >= 0.6 is 11.3 Å². The molecule has 1 aromatic heterocycles. The Labute approximate surface area is 114 Å². The summed E-state index contributed by atoms with van der Waals surface area (Å²) in [6.07, 6.45) is 8.90. The van der Waals surface area contributed by atoms with Gasteiger partial charge in [-0.05, 0) is 70.1 Å².